The van der Waals surface area contributed by atoms with Crippen molar-refractivity contribution in [1.82, 2.24) is 4.98 Å². The summed E-state index contributed by atoms with van der Waals surface area (Å²) in [5.41, 5.74) is 4.18. The summed E-state index contributed by atoms with van der Waals surface area (Å²) in [6, 6.07) is 26.5. The van der Waals surface area contributed by atoms with E-state index in [0.717, 1.165) is 44.0 Å². The second kappa shape index (κ2) is 7.37. The molecule has 0 bridgehead atoms. The summed E-state index contributed by atoms with van der Waals surface area (Å²) in [6.07, 6.45) is 0. The number of thiazole rings is 1. The van der Waals surface area contributed by atoms with Gasteiger partial charge in [0.15, 0.2) is 16.6 Å². The minimum Gasteiger partial charge on any atom is -0.486 e. The molecule has 5 rings (SSSR count). The number of nitrogens with one attached hydrogen (secondary N) is 1. The van der Waals surface area contributed by atoms with E-state index in [1.807, 2.05) is 42.5 Å². The zero-order valence-electron chi connectivity index (χ0n) is 15.1. The van der Waals surface area contributed by atoms with Crippen LogP contribution >= 0.6 is 11.3 Å². The Bertz CT molecular complexity index is 1040. The summed E-state index contributed by atoms with van der Waals surface area (Å²) in [4.78, 5) is 6.04. The van der Waals surface area contributed by atoms with Crippen LogP contribution in [-0.2, 0) is 0 Å². The predicted molar refractivity (Wildman–Crippen MR) is 114 cm³/mol. The van der Waals surface area contributed by atoms with Crippen LogP contribution in [0.1, 0.15) is 0 Å². The van der Waals surface area contributed by atoms with Gasteiger partial charge >= 0.3 is 0 Å². The quantitative estimate of drug-likeness (QED) is 0.468. The largest absolute Gasteiger partial charge is 0.486 e. The maximum Gasteiger partial charge on any atom is 0.188 e. The van der Waals surface area contributed by atoms with Crippen LogP contribution in [0.3, 0.4) is 0 Å². The SMILES string of the molecule is c1ccc(-c2nc(Nc3ccc4c(c3)OCCO4)sc2-c2ccccc2)cc1. The van der Waals surface area contributed by atoms with Gasteiger partial charge in [-0.3, -0.25) is 0 Å². The van der Waals surface area contributed by atoms with Crippen molar-refractivity contribution < 1.29 is 9.47 Å². The topological polar surface area (TPSA) is 43.4 Å². The number of ether oxygens (including phenoxy) is 2. The zero-order chi connectivity index (χ0) is 18.8. The van der Waals surface area contributed by atoms with E-state index in [2.05, 4.69) is 41.7 Å². The summed E-state index contributed by atoms with van der Waals surface area (Å²) in [5, 5.41) is 4.27. The molecule has 0 radical (unpaired) electrons. The Balaban J connectivity index is 1.53. The molecule has 138 valence electrons. The average Bonchev–Trinajstić information content (AvgIpc) is 3.19. The van der Waals surface area contributed by atoms with Gasteiger partial charge in [0, 0.05) is 17.3 Å². The summed E-state index contributed by atoms with van der Waals surface area (Å²) in [7, 11) is 0. The number of fused-ring (bicyclic) bond motifs is 1. The Hall–Kier alpha value is -3.31. The fourth-order valence-electron chi connectivity index (χ4n) is 3.20. The van der Waals surface area contributed by atoms with Gasteiger partial charge in [-0.25, -0.2) is 4.98 Å². The number of hydrogen-bond acceptors (Lipinski definition) is 5. The van der Waals surface area contributed by atoms with Gasteiger partial charge in [0.1, 0.15) is 13.2 Å². The van der Waals surface area contributed by atoms with Crippen LogP contribution in [0, 0.1) is 0 Å². The van der Waals surface area contributed by atoms with Crippen molar-refractivity contribution in [3.05, 3.63) is 78.9 Å². The fraction of sp³-hybridized carbons (Fsp3) is 0.0870. The van der Waals surface area contributed by atoms with Gasteiger partial charge in [-0.2, -0.15) is 0 Å². The van der Waals surface area contributed by atoms with Crippen molar-refractivity contribution in [1.29, 1.82) is 0 Å². The summed E-state index contributed by atoms with van der Waals surface area (Å²) >= 11 is 1.65. The van der Waals surface area contributed by atoms with Gasteiger partial charge in [-0.15, -0.1) is 0 Å². The molecule has 0 fully saturated rings. The van der Waals surface area contributed by atoms with Crippen LogP contribution in [0.2, 0.25) is 0 Å². The molecule has 0 amide bonds. The molecule has 1 aliphatic heterocycles. The zero-order valence-corrected chi connectivity index (χ0v) is 15.9. The molecule has 0 unspecified atom stereocenters. The number of anilines is 2. The van der Waals surface area contributed by atoms with E-state index in [1.54, 1.807) is 11.3 Å². The van der Waals surface area contributed by atoms with Crippen molar-refractivity contribution in [2.75, 3.05) is 18.5 Å². The number of hydrogen-bond donors (Lipinski definition) is 1. The third kappa shape index (κ3) is 3.32. The van der Waals surface area contributed by atoms with E-state index in [9.17, 15) is 0 Å². The summed E-state index contributed by atoms with van der Waals surface area (Å²) < 4.78 is 11.3. The van der Waals surface area contributed by atoms with E-state index in [0.29, 0.717) is 13.2 Å². The van der Waals surface area contributed by atoms with Crippen LogP contribution in [-0.4, -0.2) is 18.2 Å². The summed E-state index contributed by atoms with van der Waals surface area (Å²) in [6.45, 7) is 1.16. The van der Waals surface area contributed by atoms with Crippen LogP contribution in [0.15, 0.2) is 78.9 Å². The smallest absolute Gasteiger partial charge is 0.188 e. The van der Waals surface area contributed by atoms with Gasteiger partial charge in [0.2, 0.25) is 0 Å². The molecule has 0 aliphatic carbocycles. The third-order valence-corrected chi connectivity index (χ3v) is 5.52. The first kappa shape index (κ1) is 16.8. The second-order valence-electron chi connectivity index (χ2n) is 6.41. The van der Waals surface area contributed by atoms with Crippen LogP contribution in [0.4, 0.5) is 10.8 Å². The molecule has 0 saturated carbocycles. The molecule has 0 saturated heterocycles. The molecule has 28 heavy (non-hydrogen) atoms. The average molecular weight is 386 g/mol. The Labute approximate surface area is 167 Å². The Kier molecular flexibility index (Phi) is 4.43. The van der Waals surface area contributed by atoms with E-state index in [-0.39, 0.29) is 0 Å². The normalized spacial score (nSPS) is 12.6. The molecule has 1 aliphatic rings. The standard InChI is InChI=1S/C23H18N2O2S/c1-3-7-16(8-4-1)21-22(17-9-5-2-6-10-17)28-23(25-21)24-18-11-12-19-20(15-18)27-14-13-26-19/h1-12,15H,13-14H2,(H,24,25). The molecule has 5 heteroatoms. The Morgan fingerprint density at radius 1 is 0.750 bits per heavy atom. The maximum absolute atomic E-state index is 5.69. The highest BCUT2D eigenvalue weighted by atomic mass is 32.1. The second-order valence-corrected chi connectivity index (χ2v) is 7.41. The Morgan fingerprint density at radius 2 is 1.43 bits per heavy atom. The predicted octanol–water partition coefficient (Wildman–Crippen LogP) is 5.99. The number of benzene rings is 3. The van der Waals surface area contributed by atoms with Gasteiger partial charge in [0.05, 0.1) is 10.6 Å². The summed E-state index contributed by atoms with van der Waals surface area (Å²) in [5.74, 6) is 1.55. The lowest BCUT2D eigenvalue weighted by atomic mass is 10.1. The monoisotopic (exact) mass is 386 g/mol. The highest BCUT2D eigenvalue weighted by Gasteiger charge is 2.16. The van der Waals surface area contributed by atoms with E-state index in [1.165, 1.54) is 0 Å². The van der Waals surface area contributed by atoms with Crippen LogP contribution in [0.5, 0.6) is 11.5 Å². The highest BCUT2D eigenvalue weighted by molar-refractivity contribution is 7.19. The fourth-order valence-corrected chi connectivity index (χ4v) is 4.21. The van der Waals surface area contributed by atoms with Crippen molar-refractivity contribution in [2.45, 2.75) is 0 Å². The van der Waals surface area contributed by atoms with Gasteiger partial charge in [-0.1, -0.05) is 72.0 Å². The molecule has 4 nitrogen and oxygen atoms in total. The van der Waals surface area contributed by atoms with Crippen molar-refractivity contribution in [3.8, 4) is 33.2 Å². The van der Waals surface area contributed by atoms with Crippen LogP contribution < -0.4 is 14.8 Å². The van der Waals surface area contributed by atoms with Gasteiger partial charge in [0.25, 0.3) is 0 Å². The number of rotatable bonds is 4. The number of aromatic nitrogens is 1. The third-order valence-electron chi connectivity index (χ3n) is 4.50. The molecule has 1 N–H and O–H groups in total. The van der Waals surface area contributed by atoms with E-state index >= 15 is 0 Å². The molecular weight excluding hydrogens is 368 g/mol. The molecule has 4 aromatic rings. The minimum atomic E-state index is 0.573. The lowest BCUT2D eigenvalue weighted by Gasteiger charge is -2.18. The lowest BCUT2D eigenvalue weighted by molar-refractivity contribution is 0.171. The molecular formula is C23H18N2O2S. The highest BCUT2D eigenvalue weighted by Crippen LogP contribution is 2.40. The van der Waals surface area contributed by atoms with Crippen molar-refractivity contribution in [3.63, 3.8) is 0 Å². The van der Waals surface area contributed by atoms with Crippen molar-refractivity contribution >= 4 is 22.2 Å². The maximum atomic E-state index is 5.69. The molecule has 3 aromatic carbocycles. The Morgan fingerprint density at radius 3 is 2.18 bits per heavy atom. The first-order valence-electron chi connectivity index (χ1n) is 9.15. The van der Waals surface area contributed by atoms with Gasteiger partial charge < -0.3 is 14.8 Å². The van der Waals surface area contributed by atoms with Crippen LogP contribution in [0.25, 0.3) is 21.7 Å². The van der Waals surface area contributed by atoms with E-state index < -0.39 is 0 Å². The first-order chi connectivity index (χ1) is 13.9. The molecule has 0 spiro atoms. The lowest BCUT2D eigenvalue weighted by Crippen LogP contribution is -2.15. The molecule has 1 aromatic heterocycles. The molecule has 0 atom stereocenters. The minimum absolute atomic E-state index is 0.573. The van der Waals surface area contributed by atoms with E-state index in [4.69, 9.17) is 14.5 Å². The molecule has 2 heterocycles. The number of nitrogens with zero attached hydrogens (tertiary/aromatic N) is 1. The first-order valence-corrected chi connectivity index (χ1v) is 9.97. The van der Waals surface area contributed by atoms with Crippen molar-refractivity contribution in [2.24, 2.45) is 0 Å². The van der Waals surface area contributed by atoms with Gasteiger partial charge in [-0.05, 0) is 17.7 Å².